The third-order valence-electron chi connectivity index (χ3n) is 2.15. The molecule has 10 heavy (non-hydrogen) atoms. The third kappa shape index (κ3) is 1.58. The largest absolute Gasteiger partial charge is 0.390 e. The van der Waals surface area contributed by atoms with E-state index in [0.717, 1.165) is 6.42 Å². The summed E-state index contributed by atoms with van der Waals surface area (Å²) in [5, 5.41) is 18.3. The number of aliphatic hydroxyl groups excluding tert-OH is 2. The molecular weight excluding hydrogens is 128 g/mol. The Morgan fingerprint density at radius 3 is 2.40 bits per heavy atom. The number of hydrogen-bond acceptors (Lipinski definition) is 2. The Hall–Kier alpha value is -0.340. The standard InChI is InChI=1S/C8H14O2/c1-2-6-3-4-7(9)8(10)5-6/h2,6-10H,1,3-5H2. The normalized spacial score (nSPS) is 41.2. The van der Waals surface area contributed by atoms with Crippen LogP contribution in [0.4, 0.5) is 0 Å². The summed E-state index contributed by atoms with van der Waals surface area (Å²) < 4.78 is 0. The summed E-state index contributed by atoms with van der Waals surface area (Å²) in [5.74, 6) is 0.401. The molecule has 2 nitrogen and oxygen atoms in total. The van der Waals surface area contributed by atoms with Crippen LogP contribution < -0.4 is 0 Å². The van der Waals surface area contributed by atoms with E-state index in [1.165, 1.54) is 0 Å². The minimum atomic E-state index is -0.531. The number of rotatable bonds is 1. The van der Waals surface area contributed by atoms with E-state index in [1.807, 2.05) is 6.08 Å². The zero-order valence-corrected chi connectivity index (χ0v) is 6.03. The molecule has 2 N–H and O–H groups in total. The van der Waals surface area contributed by atoms with Crippen LogP contribution in [0.3, 0.4) is 0 Å². The highest BCUT2D eigenvalue weighted by Gasteiger charge is 2.25. The highest BCUT2D eigenvalue weighted by Crippen LogP contribution is 2.24. The van der Waals surface area contributed by atoms with Gasteiger partial charge in [-0.05, 0) is 25.2 Å². The summed E-state index contributed by atoms with van der Waals surface area (Å²) in [6.07, 6.45) is 3.16. The quantitative estimate of drug-likeness (QED) is 0.529. The van der Waals surface area contributed by atoms with Crippen LogP contribution in [0.2, 0.25) is 0 Å². The van der Waals surface area contributed by atoms with Gasteiger partial charge in [-0.2, -0.15) is 0 Å². The van der Waals surface area contributed by atoms with Crippen LogP contribution in [0.1, 0.15) is 19.3 Å². The molecule has 0 aromatic carbocycles. The van der Waals surface area contributed by atoms with Gasteiger partial charge in [-0.3, -0.25) is 0 Å². The summed E-state index contributed by atoms with van der Waals surface area (Å²) in [7, 11) is 0. The van der Waals surface area contributed by atoms with E-state index >= 15 is 0 Å². The van der Waals surface area contributed by atoms with Crippen LogP contribution >= 0.6 is 0 Å². The zero-order chi connectivity index (χ0) is 7.56. The maximum absolute atomic E-state index is 9.18. The Morgan fingerprint density at radius 2 is 1.90 bits per heavy atom. The van der Waals surface area contributed by atoms with Gasteiger partial charge in [0.2, 0.25) is 0 Å². The lowest BCUT2D eigenvalue weighted by atomic mass is 9.86. The Balaban J connectivity index is 2.40. The lowest BCUT2D eigenvalue weighted by Gasteiger charge is -2.27. The fraction of sp³-hybridized carbons (Fsp3) is 0.750. The van der Waals surface area contributed by atoms with E-state index in [0.29, 0.717) is 18.8 Å². The van der Waals surface area contributed by atoms with Crippen molar-refractivity contribution in [3.8, 4) is 0 Å². The number of allylic oxidation sites excluding steroid dienone is 1. The number of aliphatic hydroxyl groups is 2. The van der Waals surface area contributed by atoms with Crippen molar-refractivity contribution in [1.82, 2.24) is 0 Å². The van der Waals surface area contributed by atoms with Crippen LogP contribution in [-0.4, -0.2) is 22.4 Å². The lowest BCUT2D eigenvalue weighted by molar-refractivity contribution is -0.0188. The van der Waals surface area contributed by atoms with E-state index in [-0.39, 0.29) is 0 Å². The van der Waals surface area contributed by atoms with Crippen molar-refractivity contribution in [3.63, 3.8) is 0 Å². The average molecular weight is 142 g/mol. The molecule has 0 bridgehead atoms. The van der Waals surface area contributed by atoms with Gasteiger partial charge in [0.1, 0.15) is 0 Å². The first-order valence-corrected chi connectivity index (χ1v) is 3.72. The molecule has 0 aromatic heterocycles. The van der Waals surface area contributed by atoms with Crippen molar-refractivity contribution in [2.75, 3.05) is 0 Å². The molecule has 1 rings (SSSR count). The smallest absolute Gasteiger partial charge is 0.0804 e. The summed E-state index contributed by atoms with van der Waals surface area (Å²) in [4.78, 5) is 0. The van der Waals surface area contributed by atoms with E-state index in [2.05, 4.69) is 6.58 Å². The van der Waals surface area contributed by atoms with Crippen LogP contribution in [0.5, 0.6) is 0 Å². The molecule has 0 saturated heterocycles. The molecule has 1 fully saturated rings. The van der Waals surface area contributed by atoms with Crippen molar-refractivity contribution in [2.24, 2.45) is 5.92 Å². The minimum Gasteiger partial charge on any atom is -0.390 e. The molecule has 0 amide bonds. The third-order valence-corrected chi connectivity index (χ3v) is 2.15. The van der Waals surface area contributed by atoms with Gasteiger partial charge in [-0.1, -0.05) is 6.08 Å². The van der Waals surface area contributed by atoms with Crippen molar-refractivity contribution in [1.29, 1.82) is 0 Å². The van der Waals surface area contributed by atoms with Gasteiger partial charge in [0.25, 0.3) is 0 Å². The van der Waals surface area contributed by atoms with Crippen molar-refractivity contribution >= 4 is 0 Å². The Morgan fingerprint density at radius 1 is 1.20 bits per heavy atom. The summed E-state index contributed by atoms with van der Waals surface area (Å²) in [6.45, 7) is 3.65. The van der Waals surface area contributed by atoms with Crippen LogP contribution in [-0.2, 0) is 0 Å². The molecule has 3 atom stereocenters. The van der Waals surface area contributed by atoms with Crippen molar-refractivity contribution < 1.29 is 10.2 Å². The second kappa shape index (κ2) is 3.17. The van der Waals surface area contributed by atoms with E-state index in [9.17, 15) is 5.11 Å². The van der Waals surface area contributed by atoms with Gasteiger partial charge in [0.15, 0.2) is 0 Å². The zero-order valence-electron chi connectivity index (χ0n) is 6.03. The molecule has 2 heteroatoms. The van der Waals surface area contributed by atoms with Gasteiger partial charge in [-0.15, -0.1) is 6.58 Å². The fourth-order valence-electron chi connectivity index (χ4n) is 1.38. The van der Waals surface area contributed by atoms with Gasteiger partial charge >= 0.3 is 0 Å². The lowest BCUT2D eigenvalue weighted by Crippen LogP contribution is -2.32. The predicted molar refractivity (Wildman–Crippen MR) is 39.6 cm³/mol. The summed E-state index contributed by atoms with van der Waals surface area (Å²) in [6, 6.07) is 0. The molecule has 1 saturated carbocycles. The molecule has 0 aliphatic heterocycles. The first kappa shape index (κ1) is 7.76. The van der Waals surface area contributed by atoms with Crippen LogP contribution in [0, 0.1) is 5.92 Å². The SMILES string of the molecule is C=CC1CCC(O)C(O)C1. The van der Waals surface area contributed by atoms with Crippen molar-refractivity contribution in [3.05, 3.63) is 12.7 Å². The molecule has 3 unspecified atom stereocenters. The summed E-state index contributed by atoms with van der Waals surface area (Å²) >= 11 is 0. The van der Waals surface area contributed by atoms with Crippen LogP contribution in [0.15, 0.2) is 12.7 Å². The topological polar surface area (TPSA) is 40.5 Å². The summed E-state index contributed by atoms with van der Waals surface area (Å²) in [5.41, 5.74) is 0. The Kier molecular flexibility index (Phi) is 2.46. The second-order valence-corrected chi connectivity index (χ2v) is 2.94. The van der Waals surface area contributed by atoms with Gasteiger partial charge in [0, 0.05) is 0 Å². The maximum Gasteiger partial charge on any atom is 0.0804 e. The molecule has 1 aliphatic rings. The maximum atomic E-state index is 9.18. The van der Waals surface area contributed by atoms with Gasteiger partial charge in [-0.25, -0.2) is 0 Å². The van der Waals surface area contributed by atoms with E-state index < -0.39 is 12.2 Å². The Bertz CT molecular complexity index is 122. The Labute approximate surface area is 61.2 Å². The molecule has 58 valence electrons. The van der Waals surface area contributed by atoms with Crippen molar-refractivity contribution in [2.45, 2.75) is 31.5 Å². The molecule has 1 aliphatic carbocycles. The highest BCUT2D eigenvalue weighted by atomic mass is 16.3. The monoisotopic (exact) mass is 142 g/mol. The first-order chi connectivity index (χ1) is 4.74. The van der Waals surface area contributed by atoms with E-state index in [4.69, 9.17) is 5.11 Å². The molecular formula is C8H14O2. The van der Waals surface area contributed by atoms with Gasteiger partial charge in [0.05, 0.1) is 12.2 Å². The van der Waals surface area contributed by atoms with Gasteiger partial charge < -0.3 is 10.2 Å². The highest BCUT2D eigenvalue weighted by molar-refractivity contribution is 4.88. The van der Waals surface area contributed by atoms with E-state index in [1.54, 1.807) is 0 Å². The first-order valence-electron chi connectivity index (χ1n) is 3.72. The average Bonchev–Trinajstić information content (AvgIpc) is 1.95. The van der Waals surface area contributed by atoms with Crippen LogP contribution in [0.25, 0.3) is 0 Å². The number of hydrogen-bond donors (Lipinski definition) is 2. The molecule has 0 aromatic rings. The molecule has 0 spiro atoms. The molecule has 0 heterocycles. The minimum absolute atomic E-state index is 0.401. The second-order valence-electron chi connectivity index (χ2n) is 2.94. The predicted octanol–water partition coefficient (Wildman–Crippen LogP) is 0.694. The molecule has 0 radical (unpaired) electrons. The fourth-order valence-corrected chi connectivity index (χ4v) is 1.38.